The number of carbonyl (C=O) groups is 1. The zero-order chi connectivity index (χ0) is 18.4. The number of amides is 1. The predicted octanol–water partition coefficient (Wildman–Crippen LogP) is 2.38. The molecule has 25 heavy (non-hydrogen) atoms. The van der Waals surface area contributed by atoms with Crippen molar-refractivity contribution in [3.05, 3.63) is 59.9 Å². The maximum atomic E-state index is 12.9. The highest BCUT2D eigenvalue weighted by atomic mass is 32.2. The molecule has 0 fully saturated rings. The van der Waals surface area contributed by atoms with E-state index in [1.807, 2.05) is 19.1 Å². The van der Waals surface area contributed by atoms with Crippen molar-refractivity contribution in [3.8, 4) is 0 Å². The standard InChI is InChI=1S/C18H23N3O3S/c1-4-11-21(14-15-7-6-10-19-13-15)18(22)16-8-5-9-17(12-16)25(23,24)20(2)3/h5-10,12-13H,4,11,14H2,1-3H3. The summed E-state index contributed by atoms with van der Waals surface area (Å²) >= 11 is 0. The van der Waals surface area contributed by atoms with Crippen molar-refractivity contribution in [2.75, 3.05) is 20.6 Å². The second-order valence-corrected chi connectivity index (χ2v) is 8.06. The minimum Gasteiger partial charge on any atom is -0.334 e. The number of hydrogen-bond donors (Lipinski definition) is 0. The van der Waals surface area contributed by atoms with E-state index in [4.69, 9.17) is 0 Å². The van der Waals surface area contributed by atoms with E-state index >= 15 is 0 Å². The molecule has 2 aromatic rings. The van der Waals surface area contributed by atoms with Crippen molar-refractivity contribution in [2.24, 2.45) is 0 Å². The molecule has 0 atom stereocenters. The van der Waals surface area contributed by atoms with E-state index in [1.165, 1.54) is 26.2 Å². The summed E-state index contributed by atoms with van der Waals surface area (Å²) in [6.45, 7) is 3.01. The van der Waals surface area contributed by atoms with Gasteiger partial charge >= 0.3 is 0 Å². The van der Waals surface area contributed by atoms with Crippen molar-refractivity contribution >= 4 is 15.9 Å². The fourth-order valence-electron chi connectivity index (χ4n) is 2.42. The Bertz CT molecular complexity index is 820. The first-order valence-corrected chi connectivity index (χ1v) is 9.51. The summed E-state index contributed by atoms with van der Waals surface area (Å²) in [5.74, 6) is -0.193. The Morgan fingerprint density at radius 3 is 2.52 bits per heavy atom. The lowest BCUT2D eigenvalue weighted by atomic mass is 10.1. The van der Waals surface area contributed by atoms with Crippen LogP contribution in [-0.4, -0.2) is 49.2 Å². The topological polar surface area (TPSA) is 70.6 Å². The van der Waals surface area contributed by atoms with E-state index in [9.17, 15) is 13.2 Å². The Kier molecular flexibility index (Phi) is 6.27. The van der Waals surface area contributed by atoms with Crippen molar-refractivity contribution in [2.45, 2.75) is 24.8 Å². The van der Waals surface area contributed by atoms with Crippen LogP contribution in [0.15, 0.2) is 53.7 Å². The van der Waals surface area contributed by atoms with Gasteiger partial charge in [-0.05, 0) is 36.2 Å². The van der Waals surface area contributed by atoms with Gasteiger partial charge in [-0.25, -0.2) is 12.7 Å². The van der Waals surface area contributed by atoms with Crippen LogP contribution < -0.4 is 0 Å². The Hall–Kier alpha value is -2.25. The fraction of sp³-hybridized carbons (Fsp3) is 0.333. The first kappa shape index (κ1) is 19.1. The van der Waals surface area contributed by atoms with Gasteiger partial charge in [0.05, 0.1) is 4.90 Å². The van der Waals surface area contributed by atoms with Crippen LogP contribution in [-0.2, 0) is 16.6 Å². The summed E-state index contributed by atoms with van der Waals surface area (Å²) in [6, 6.07) is 9.91. The number of nitrogens with zero attached hydrogens (tertiary/aromatic N) is 3. The molecule has 0 aliphatic carbocycles. The third-order valence-electron chi connectivity index (χ3n) is 3.74. The lowest BCUT2D eigenvalue weighted by molar-refractivity contribution is 0.0743. The summed E-state index contributed by atoms with van der Waals surface area (Å²) < 4.78 is 25.7. The van der Waals surface area contributed by atoms with Crippen molar-refractivity contribution < 1.29 is 13.2 Å². The summed E-state index contributed by atoms with van der Waals surface area (Å²) in [5.41, 5.74) is 1.29. The first-order valence-electron chi connectivity index (χ1n) is 8.07. The predicted molar refractivity (Wildman–Crippen MR) is 96.6 cm³/mol. The monoisotopic (exact) mass is 361 g/mol. The van der Waals surface area contributed by atoms with E-state index in [1.54, 1.807) is 29.4 Å². The lowest BCUT2D eigenvalue weighted by Crippen LogP contribution is -2.31. The highest BCUT2D eigenvalue weighted by Gasteiger charge is 2.21. The smallest absolute Gasteiger partial charge is 0.254 e. The normalized spacial score (nSPS) is 11.5. The second kappa shape index (κ2) is 8.22. The number of rotatable bonds is 7. The van der Waals surface area contributed by atoms with Crippen LogP contribution in [0.5, 0.6) is 0 Å². The molecule has 0 saturated heterocycles. The molecule has 0 spiro atoms. The van der Waals surface area contributed by atoms with Crippen LogP contribution in [0.2, 0.25) is 0 Å². The number of carbonyl (C=O) groups excluding carboxylic acids is 1. The van der Waals surface area contributed by atoms with Gasteiger partial charge in [0.1, 0.15) is 0 Å². The minimum absolute atomic E-state index is 0.112. The number of benzene rings is 1. The van der Waals surface area contributed by atoms with Crippen molar-refractivity contribution in [1.82, 2.24) is 14.2 Å². The Labute approximate surface area is 149 Å². The van der Waals surface area contributed by atoms with E-state index in [2.05, 4.69) is 4.98 Å². The van der Waals surface area contributed by atoms with E-state index in [0.717, 1.165) is 16.3 Å². The Morgan fingerprint density at radius 2 is 1.92 bits per heavy atom. The molecule has 1 heterocycles. The third kappa shape index (κ3) is 4.64. The zero-order valence-corrected chi connectivity index (χ0v) is 15.5. The summed E-state index contributed by atoms with van der Waals surface area (Å²) in [4.78, 5) is 18.8. The molecular formula is C18H23N3O3S. The number of hydrogen-bond acceptors (Lipinski definition) is 4. The van der Waals surface area contributed by atoms with Gasteiger partial charge in [0.2, 0.25) is 10.0 Å². The highest BCUT2D eigenvalue weighted by Crippen LogP contribution is 2.17. The summed E-state index contributed by atoms with van der Waals surface area (Å²) in [5, 5.41) is 0. The lowest BCUT2D eigenvalue weighted by Gasteiger charge is -2.22. The quantitative estimate of drug-likeness (QED) is 0.759. The van der Waals surface area contributed by atoms with Crippen LogP contribution in [0.1, 0.15) is 29.3 Å². The van der Waals surface area contributed by atoms with Crippen LogP contribution in [0, 0.1) is 0 Å². The average molecular weight is 361 g/mol. The molecule has 0 aliphatic heterocycles. The molecule has 0 aliphatic rings. The van der Waals surface area contributed by atoms with Gasteiger partial charge in [0.15, 0.2) is 0 Å². The molecule has 0 N–H and O–H groups in total. The average Bonchev–Trinajstić information content (AvgIpc) is 2.61. The molecule has 134 valence electrons. The SMILES string of the molecule is CCCN(Cc1cccnc1)C(=O)c1cccc(S(=O)(=O)N(C)C)c1. The number of pyridine rings is 1. The van der Waals surface area contributed by atoms with Gasteiger partial charge in [0, 0.05) is 45.1 Å². The molecule has 6 nitrogen and oxygen atoms in total. The molecule has 1 amide bonds. The third-order valence-corrected chi connectivity index (χ3v) is 5.55. The van der Waals surface area contributed by atoms with Gasteiger partial charge < -0.3 is 4.90 Å². The Morgan fingerprint density at radius 1 is 1.16 bits per heavy atom. The molecule has 0 bridgehead atoms. The van der Waals surface area contributed by atoms with Crippen LogP contribution in [0.3, 0.4) is 0 Å². The van der Waals surface area contributed by atoms with E-state index in [0.29, 0.717) is 18.7 Å². The van der Waals surface area contributed by atoms with Crippen LogP contribution in [0.25, 0.3) is 0 Å². The first-order chi connectivity index (χ1) is 11.9. The van der Waals surface area contributed by atoms with Crippen molar-refractivity contribution in [3.63, 3.8) is 0 Å². The maximum absolute atomic E-state index is 12.9. The molecule has 2 rings (SSSR count). The molecule has 0 unspecified atom stereocenters. The molecule has 1 aromatic carbocycles. The summed E-state index contributed by atoms with van der Waals surface area (Å²) in [7, 11) is -0.641. The molecule has 0 radical (unpaired) electrons. The van der Waals surface area contributed by atoms with Crippen LogP contribution in [0.4, 0.5) is 0 Å². The maximum Gasteiger partial charge on any atom is 0.254 e. The van der Waals surface area contributed by atoms with Gasteiger partial charge in [-0.1, -0.05) is 19.1 Å². The number of aromatic nitrogens is 1. The molecule has 0 saturated carbocycles. The minimum atomic E-state index is -3.58. The molecule has 1 aromatic heterocycles. The Balaban J connectivity index is 2.30. The van der Waals surface area contributed by atoms with E-state index in [-0.39, 0.29) is 10.8 Å². The zero-order valence-electron chi connectivity index (χ0n) is 14.7. The molecular weight excluding hydrogens is 338 g/mol. The fourth-order valence-corrected chi connectivity index (χ4v) is 3.37. The van der Waals surface area contributed by atoms with Gasteiger partial charge in [-0.2, -0.15) is 0 Å². The highest BCUT2D eigenvalue weighted by molar-refractivity contribution is 7.89. The largest absolute Gasteiger partial charge is 0.334 e. The van der Waals surface area contributed by atoms with Crippen LogP contribution >= 0.6 is 0 Å². The second-order valence-electron chi connectivity index (χ2n) is 5.90. The number of sulfonamides is 1. The van der Waals surface area contributed by atoms with Gasteiger partial charge in [0.25, 0.3) is 5.91 Å². The molecule has 7 heteroatoms. The van der Waals surface area contributed by atoms with Gasteiger partial charge in [-0.15, -0.1) is 0 Å². The van der Waals surface area contributed by atoms with Crippen molar-refractivity contribution in [1.29, 1.82) is 0 Å². The summed E-state index contributed by atoms with van der Waals surface area (Å²) in [6.07, 6.45) is 4.22. The van der Waals surface area contributed by atoms with E-state index < -0.39 is 10.0 Å². The van der Waals surface area contributed by atoms with Gasteiger partial charge in [-0.3, -0.25) is 9.78 Å².